The summed E-state index contributed by atoms with van der Waals surface area (Å²) in [4.78, 5) is 26.2. The molecule has 6 heteroatoms. The molecule has 0 aliphatic carbocycles. The summed E-state index contributed by atoms with van der Waals surface area (Å²) in [7, 11) is 0. The molecule has 65 heavy (non-hydrogen) atoms. The second kappa shape index (κ2) is 52.0. The lowest BCUT2D eigenvalue weighted by molar-refractivity contribution is -0.151. The number of carbonyl (C=O) groups excluding carboxylic acids is 2. The Kier molecular flexibility index (Phi) is 49.6. The van der Waals surface area contributed by atoms with Crippen LogP contribution in [0.15, 0.2) is 85.1 Å². The van der Waals surface area contributed by atoms with Crippen LogP contribution in [0.2, 0.25) is 0 Å². The van der Waals surface area contributed by atoms with Crippen molar-refractivity contribution in [2.45, 2.75) is 270 Å². The minimum absolute atomic E-state index is 0.0427. The summed E-state index contributed by atoms with van der Waals surface area (Å²) in [5.41, 5.74) is 0. The number of aliphatic hydroxyl groups excluding tert-OH is 2. The Morgan fingerprint density at radius 3 is 1.46 bits per heavy atom. The van der Waals surface area contributed by atoms with Gasteiger partial charge in [-0.25, -0.2) is 0 Å². The number of aliphatic hydroxyl groups is 2. The number of rotatable bonds is 48. The summed E-state index contributed by atoms with van der Waals surface area (Å²) < 4.78 is 5.92. The predicted molar refractivity (Wildman–Crippen MR) is 282 cm³/mol. The number of carbonyl (C=O) groups is 2. The normalized spacial score (nSPS) is 13.9. The number of ether oxygens (including phenoxy) is 1. The highest BCUT2D eigenvalue weighted by atomic mass is 16.5. The summed E-state index contributed by atoms with van der Waals surface area (Å²) in [6.45, 7) is 6.29. The van der Waals surface area contributed by atoms with Crippen LogP contribution in [-0.2, 0) is 14.3 Å². The molecule has 0 saturated heterocycles. The molecule has 0 rings (SSSR count). The molecule has 0 aromatic rings. The lowest BCUT2D eigenvalue weighted by Gasteiger charge is -2.24. The first-order chi connectivity index (χ1) is 32.0. The number of amides is 1. The molecule has 0 spiro atoms. The van der Waals surface area contributed by atoms with E-state index in [1.807, 2.05) is 36.5 Å². The van der Waals surface area contributed by atoms with Crippen molar-refractivity contribution in [2.75, 3.05) is 6.61 Å². The highest BCUT2D eigenvalue weighted by molar-refractivity contribution is 5.77. The average Bonchev–Trinajstić information content (AvgIpc) is 3.30. The molecule has 1 amide bonds. The van der Waals surface area contributed by atoms with Crippen molar-refractivity contribution in [2.24, 2.45) is 0 Å². The molecule has 0 heterocycles. The number of nitrogens with one attached hydrogen (secondary N) is 1. The van der Waals surface area contributed by atoms with E-state index in [0.29, 0.717) is 19.3 Å². The zero-order valence-electron chi connectivity index (χ0n) is 42.6. The van der Waals surface area contributed by atoms with Crippen molar-refractivity contribution in [3.63, 3.8) is 0 Å². The Balaban J connectivity index is 4.66. The number of esters is 1. The second-order valence-corrected chi connectivity index (χ2v) is 18.4. The average molecular weight is 906 g/mol. The third-order valence-corrected chi connectivity index (χ3v) is 12.1. The smallest absolute Gasteiger partial charge is 0.306 e. The van der Waals surface area contributed by atoms with E-state index in [0.717, 1.165) is 89.9 Å². The lowest BCUT2D eigenvalue weighted by atomic mass is 10.0. The summed E-state index contributed by atoms with van der Waals surface area (Å²) in [6.07, 6.45) is 67.8. The maximum atomic E-state index is 13.2. The van der Waals surface area contributed by atoms with Crippen molar-refractivity contribution in [3.8, 4) is 0 Å². The third-order valence-electron chi connectivity index (χ3n) is 12.1. The van der Waals surface area contributed by atoms with Gasteiger partial charge in [-0.15, -0.1) is 0 Å². The highest BCUT2D eigenvalue weighted by Crippen LogP contribution is 2.18. The Bertz CT molecular complexity index is 1250. The Morgan fingerprint density at radius 2 is 0.923 bits per heavy atom. The van der Waals surface area contributed by atoms with Gasteiger partial charge in [-0.1, -0.05) is 254 Å². The quantitative estimate of drug-likeness (QED) is 0.0245. The van der Waals surface area contributed by atoms with Crippen LogP contribution in [0.1, 0.15) is 252 Å². The van der Waals surface area contributed by atoms with Gasteiger partial charge in [0.15, 0.2) is 0 Å². The molecule has 0 fully saturated rings. The van der Waals surface area contributed by atoms with Gasteiger partial charge in [-0.3, -0.25) is 9.59 Å². The minimum Gasteiger partial charge on any atom is -0.462 e. The molecule has 0 aromatic carbocycles. The molecule has 0 saturated carbocycles. The molecule has 0 bridgehead atoms. The third kappa shape index (κ3) is 47.3. The largest absolute Gasteiger partial charge is 0.462 e. The van der Waals surface area contributed by atoms with Crippen LogP contribution in [0.5, 0.6) is 0 Å². The minimum atomic E-state index is -0.806. The number of hydrogen-bond donors (Lipinski definition) is 3. The molecule has 0 aliphatic heterocycles. The molecule has 0 radical (unpaired) electrons. The standard InChI is InChI=1S/C59H103NO5/c1-4-7-10-13-16-19-22-25-28-30-32-35-38-41-44-47-50-55(65-59(64)52-49-46-43-40-37-34-27-24-21-18-15-12-9-6-3)53-58(63)60-56(54-61)57(62)51-48-45-42-39-36-33-31-29-26-23-20-17-14-11-8-5-2/h9-10,12-13,16,18-19,21-22,25,28,30,32,35,55-57,61-62H,4-8,11,14-15,17,20,23-24,26-27,29,31,33-34,36-54H2,1-3H3,(H,60,63)/b12-9+,13-10+,19-16+,21-18+,25-22+,30-28+,35-32+. The predicted octanol–water partition coefficient (Wildman–Crippen LogP) is 16.7. The van der Waals surface area contributed by atoms with E-state index in [1.54, 1.807) is 0 Å². The maximum Gasteiger partial charge on any atom is 0.306 e. The molecule has 374 valence electrons. The van der Waals surface area contributed by atoms with Crippen LogP contribution >= 0.6 is 0 Å². The highest BCUT2D eigenvalue weighted by Gasteiger charge is 2.24. The fraction of sp³-hybridized carbons (Fsp3) is 0.729. The van der Waals surface area contributed by atoms with Crippen molar-refractivity contribution >= 4 is 11.9 Å². The van der Waals surface area contributed by atoms with Gasteiger partial charge in [0.1, 0.15) is 6.10 Å². The zero-order chi connectivity index (χ0) is 47.4. The van der Waals surface area contributed by atoms with Gasteiger partial charge in [0.05, 0.1) is 25.2 Å². The Hall–Kier alpha value is -2.96. The van der Waals surface area contributed by atoms with Gasteiger partial charge in [-0.2, -0.15) is 0 Å². The van der Waals surface area contributed by atoms with E-state index < -0.39 is 18.2 Å². The van der Waals surface area contributed by atoms with Crippen LogP contribution in [0, 0.1) is 0 Å². The molecule has 0 aromatic heterocycles. The Morgan fingerprint density at radius 1 is 0.477 bits per heavy atom. The van der Waals surface area contributed by atoms with Crippen LogP contribution in [0.3, 0.4) is 0 Å². The van der Waals surface area contributed by atoms with Crippen LogP contribution in [0.4, 0.5) is 0 Å². The first kappa shape index (κ1) is 62.0. The SMILES string of the molecule is CC/C=C/C/C=C/CCCCCCCCCC(=O)OC(CCCCC/C=C/C=C/C=C/C=C/C=C/CCC)CC(=O)NC(CO)C(O)CCCCCCCCCCCCCCCCCC. The number of unbranched alkanes of at least 4 members (excludes halogenated alkanes) is 26. The van der Waals surface area contributed by atoms with Crippen LogP contribution < -0.4 is 5.32 Å². The molecular weight excluding hydrogens is 803 g/mol. The summed E-state index contributed by atoms with van der Waals surface area (Å²) in [5, 5.41) is 23.8. The molecular formula is C59H103NO5. The van der Waals surface area contributed by atoms with E-state index in [-0.39, 0.29) is 24.9 Å². The number of hydrogen-bond acceptors (Lipinski definition) is 5. The van der Waals surface area contributed by atoms with E-state index in [1.165, 1.54) is 116 Å². The molecule has 6 nitrogen and oxygen atoms in total. The van der Waals surface area contributed by atoms with Crippen LogP contribution in [0.25, 0.3) is 0 Å². The molecule has 0 aliphatic rings. The van der Waals surface area contributed by atoms with Gasteiger partial charge in [0, 0.05) is 6.42 Å². The first-order valence-electron chi connectivity index (χ1n) is 27.4. The second-order valence-electron chi connectivity index (χ2n) is 18.4. The molecule has 3 atom stereocenters. The van der Waals surface area contributed by atoms with Gasteiger partial charge >= 0.3 is 5.97 Å². The topological polar surface area (TPSA) is 95.9 Å². The van der Waals surface area contributed by atoms with Gasteiger partial charge in [-0.05, 0) is 70.6 Å². The first-order valence-corrected chi connectivity index (χ1v) is 27.4. The van der Waals surface area contributed by atoms with E-state index in [9.17, 15) is 19.8 Å². The summed E-state index contributed by atoms with van der Waals surface area (Å²) >= 11 is 0. The van der Waals surface area contributed by atoms with Crippen molar-refractivity contribution in [1.29, 1.82) is 0 Å². The lowest BCUT2D eigenvalue weighted by Crippen LogP contribution is -2.46. The van der Waals surface area contributed by atoms with E-state index in [4.69, 9.17) is 4.74 Å². The van der Waals surface area contributed by atoms with E-state index >= 15 is 0 Å². The van der Waals surface area contributed by atoms with Gasteiger partial charge < -0.3 is 20.3 Å². The summed E-state index contributed by atoms with van der Waals surface area (Å²) in [5.74, 6) is -0.526. The maximum absolute atomic E-state index is 13.2. The van der Waals surface area contributed by atoms with Gasteiger partial charge in [0.2, 0.25) is 5.91 Å². The fourth-order valence-electron chi connectivity index (χ4n) is 7.97. The fourth-order valence-corrected chi connectivity index (χ4v) is 7.97. The molecule has 3 N–H and O–H groups in total. The van der Waals surface area contributed by atoms with Crippen LogP contribution in [-0.4, -0.2) is 46.9 Å². The van der Waals surface area contributed by atoms with Crippen molar-refractivity contribution in [1.82, 2.24) is 5.32 Å². The summed E-state index contributed by atoms with van der Waals surface area (Å²) in [6, 6.07) is -0.722. The zero-order valence-corrected chi connectivity index (χ0v) is 42.6. The van der Waals surface area contributed by atoms with Gasteiger partial charge in [0.25, 0.3) is 0 Å². The number of allylic oxidation sites excluding steroid dienone is 14. The monoisotopic (exact) mass is 906 g/mol. The van der Waals surface area contributed by atoms with E-state index in [2.05, 4.69) is 74.7 Å². The van der Waals surface area contributed by atoms with Crippen molar-refractivity contribution < 1.29 is 24.5 Å². The van der Waals surface area contributed by atoms with Crippen molar-refractivity contribution in [3.05, 3.63) is 85.1 Å². The Labute approximate surface area is 402 Å². The molecule has 3 unspecified atom stereocenters.